The maximum atomic E-state index is 12.5. The summed E-state index contributed by atoms with van der Waals surface area (Å²) in [5.74, 6) is 0.423. The van der Waals surface area contributed by atoms with Crippen LogP contribution in [0.1, 0.15) is 63.2 Å². The van der Waals surface area contributed by atoms with Crippen molar-refractivity contribution in [2.75, 3.05) is 6.61 Å². The number of hydrazine groups is 1. The summed E-state index contributed by atoms with van der Waals surface area (Å²) in [5.41, 5.74) is 5.40. The molecular weight excluding hydrogens is 430 g/mol. The Bertz CT molecular complexity index is 653. The topological polar surface area (TPSA) is 79.5 Å². The molecule has 0 unspecified atom stereocenters. The first-order chi connectivity index (χ1) is 12.8. The number of amides is 2. The summed E-state index contributed by atoms with van der Waals surface area (Å²) in [5, 5.41) is 2.58. The van der Waals surface area contributed by atoms with Crippen LogP contribution in [0.5, 0.6) is 5.75 Å². The molecule has 0 heterocycles. The Morgan fingerprint density at radius 2 is 1.96 bits per heavy atom. The Morgan fingerprint density at radius 3 is 2.63 bits per heavy atom. The van der Waals surface area contributed by atoms with Gasteiger partial charge in [-0.2, -0.15) is 0 Å². The Labute approximate surface area is 174 Å². The average molecular weight is 458 g/mol. The van der Waals surface area contributed by atoms with Gasteiger partial charge < -0.3 is 4.74 Å². The van der Waals surface area contributed by atoms with Gasteiger partial charge in [-0.15, -0.1) is 0 Å². The minimum atomic E-state index is -0.409. The molecule has 1 aromatic rings. The molecule has 1 rings (SSSR count). The molecule has 0 aromatic heterocycles. The van der Waals surface area contributed by atoms with Gasteiger partial charge in [0.2, 0.25) is 5.91 Å². The Balaban J connectivity index is 2.58. The van der Waals surface area contributed by atoms with Gasteiger partial charge in [-0.25, -0.2) is 0 Å². The monoisotopic (exact) mass is 457 g/mol. The number of hydrogen-bond acceptors (Lipinski definition) is 4. The van der Waals surface area contributed by atoms with Gasteiger partial charge in [0, 0.05) is 10.9 Å². The predicted octanol–water partition coefficient (Wildman–Crippen LogP) is 4.09. The second-order valence-corrected chi connectivity index (χ2v) is 7.91. The average Bonchev–Trinajstić information content (AvgIpc) is 2.61. The van der Waals surface area contributed by atoms with Gasteiger partial charge in [0.25, 0.3) is 5.91 Å². The molecule has 6 nitrogen and oxygen atoms in total. The molecule has 8 heteroatoms. The van der Waals surface area contributed by atoms with Crippen molar-refractivity contribution in [3.05, 3.63) is 28.2 Å². The minimum absolute atomic E-state index is 0.0250. The van der Waals surface area contributed by atoms with Crippen LogP contribution in [0.2, 0.25) is 0 Å². The zero-order valence-corrected chi connectivity index (χ0v) is 18.5. The molecule has 0 aliphatic heterocycles. The largest absolute Gasteiger partial charge is 0.493 e. The number of ether oxygens (including phenoxy) is 1. The molecule has 0 spiro atoms. The summed E-state index contributed by atoms with van der Waals surface area (Å²) in [6.45, 7) is 6.82. The third-order valence-corrected chi connectivity index (χ3v) is 4.39. The molecule has 0 aliphatic rings. The molecule has 3 N–H and O–H groups in total. The minimum Gasteiger partial charge on any atom is -0.493 e. The van der Waals surface area contributed by atoms with Crippen molar-refractivity contribution < 1.29 is 14.3 Å². The van der Waals surface area contributed by atoms with Crippen LogP contribution >= 0.6 is 28.1 Å². The molecule has 0 radical (unpaired) electrons. The van der Waals surface area contributed by atoms with E-state index in [1.165, 1.54) is 0 Å². The van der Waals surface area contributed by atoms with Crippen molar-refractivity contribution in [1.82, 2.24) is 16.2 Å². The van der Waals surface area contributed by atoms with Gasteiger partial charge in [0.1, 0.15) is 5.75 Å². The SMILES string of the molecule is CCCCCC(=O)NNC(=S)NC(=O)c1cc(Br)ccc1OCCC(C)C. The van der Waals surface area contributed by atoms with Crippen molar-refractivity contribution in [2.24, 2.45) is 5.92 Å². The van der Waals surface area contributed by atoms with Crippen LogP contribution in [-0.4, -0.2) is 23.5 Å². The Kier molecular flexibility index (Phi) is 11.0. The van der Waals surface area contributed by atoms with E-state index in [2.05, 4.69) is 52.9 Å². The van der Waals surface area contributed by atoms with E-state index in [0.717, 1.165) is 30.2 Å². The van der Waals surface area contributed by atoms with Crippen LogP contribution in [0, 0.1) is 5.92 Å². The van der Waals surface area contributed by atoms with Crippen molar-refractivity contribution in [3.8, 4) is 5.75 Å². The molecule has 2 amide bonds. The van der Waals surface area contributed by atoms with Gasteiger partial charge in [-0.05, 0) is 49.2 Å². The van der Waals surface area contributed by atoms with E-state index in [1.54, 1.807) is 12.1 Å². The fourth-order valence-electron chi connectivity index (χ4n) is 2.14. The van der Waals surface area contributed by atoms with E-state index >= 15 is 0 Å². The summed E-state index contributed by atoms with van der Waals surface area (Å²) < 4.78 is 6.50. The Morgan fingerprint density at radius 1 is 1.22 bits per heavy atom. The van der Waals surface area contributed by atoms with Gasteiger partial charge in [0.15, 0.2) is 5.11 Å². The Hall–Kier alpha value is -1.67. The lowest BCUT2D eigenvalue weighted by Gasteiger charge is -2.14. The molecule has 1 aromatic carbocycles. The first kappa shape index (κ1) is 23.4. The first-order valence-corrected chi connectivity index (χ1v) is 10.4. The number of halogens is 1. The summed E-state index contributed by atoms with van der Waals surface area (Å²) in [6.07, 6.45) is 4.16. The van der Waals surface area contributed by atoms with E-state index in [-0.39, 0.29) is 11.0 Å². The summed E-state index contributed by atoms with van der Waals surface area (Å²) in [6, 6.07) is 5.23. The van der Waals surface area contributed by atoms with Crippen LogP contribution in [0.25, 0.3) is 0 Å². The summed E-state index contributed by atoms with van der Waals surface area (Å²) >= 11 is 8.43. The number of thiocarbonyl (C=S) groups is 1. The zero-order valence-electron chi connectivity index (χ0n) is 16.1. The highest BCUT2D eigenvalue weighted by atomic mass is 79.9. The number of unbranched alkanes of at least 4 members (excludes halogenated alkanes) is 2. The quantitative estimate of drug-likeness (QED) is 0.295. The van der Waals surface area contributed by atoms with Crippen molar-refractivity contribution in [2.45, 2.75) is 52.9 Å². The number of hydrogen-bond donors (Lipinski definition) is 3. The van der Waals surface area contributed by atoms with Crippen molar-refractivity contribution in [1.29, 1.82) is 0 Å². The predicted molar refractivity (Wildman–Crippen MR) is 115 cm³/mol. The molecule has 0 bridgehead atoms. The molecular formula is C19H28BrN3O3S. The lowest BCUT2D eigenvalue weighted by molar-refractivity contribution is -0.121. The highest BCUT2D eigenvalue weighted by Crippen LogP contribution is 2.23. The van der Waals surface area contributed by atoms with Crippen LogP contribution in [0.15, 0.2) is 22.7 Å². The highest BCUT2D eigenvalue weighted by Gasteiger charge is 2.15. The van der Waals surface area contributed by atoms with E-state index in [1.807, 2.05) is 6.07 Å². The lowest BCUT2D eigenvalue weighted by Crippen LogP contribution is -2.48. The van der Waals surface area contributed by atoms with Crippen LogP contribution in [0.4, 0.5) is 0 Å². The fourth-order valence-corrected chi connectivity index (χ4v) is 2.64. The van der Waals surface area contributed by atoms with E-state index in [9.17, 15) is 9.59 Å². The number of nitrogens with one attached hydrogen (secondary N) is 3. The second kappa shape index (κ2) is 12.7. The molecule has 0 atom stereocenters. The van der Waals surface area contributed by atoms with Gasteiger partial charge in [-0.3, -0.25) is 25.8 Å². The van der Waals surface area contributed by atoms with E-state index in [0.29, 0.717) is 30.3 Å². The van der Waals surface area contributed by atoms with Gasteiger partial charge in [0.05, 0.1) is 12.2 Å². The van der Waals surface area contributed by atoms with Crippen LogP contribution < -0.4 is 20.9 Å². The second-order valence-electron chi connectivity index (χ2n) is 6.58. The fraction of sp³-hybridized carbons (Fsp3) is 0.526. The van der Waals surface area contributed by atoms with Crippen LogP contribution in [-0.2, 0) is 4.79 Å². The van der Waals surface area contributed by atoms with Gasteiger partial charge in [-0.1, -0.05) is 49.5 Å². The number of rotatable bonds is 9. The maximum Gasteiger partial charge on any atom is 0.261 e. The summed E-state index contributed by atoms with van der Waals surface area (Å²) in [7, 11) is 0. The van der Waals surface area contributed by atoms with E-state index < -0.39 is 5.91 Å². The van der Waals surface area contributed by atoms with Crippen molar-refractivity contribution >= 4 is 45.1 Å². The highest BCUT2D eigenvalue weighted by molar-refractivity contribution is 9.10. The molecule has 0 saturated carbocycles. The standard InChI is InChI=1S/C19H28BrN3O3S/c1-4-5-6-7-17(24)22-23-19(27)21-18(25)15-12-14(20)8-9-16(15)26-11-10-13(2)3/h8-9,12-13H,4-7,10-11H2,1-3H3,(H,22,24)(H2,21,23,25,27). The number of carbonyl (C=O) groups is 2. The first-order valence-electron chi connectivity index (χ1n) is 9.16. The number of benzene rings is 1. The molecule has 0 saturated heterocycles. The third-order valence-electron chi connectivity index (χ3n) is 3.69. The van der Waals surface area contributed by atoms with Crippen LogP contribution in [0.3, 0.4) is 0 Å². The lowest BCUT2D eigenvalue weighted by atomic mass is 10.1. The maximum absolute atomic E-state index is 12.5. The smallest absolute Gasteiger partial charge is 0.261 e. The third kappa shape index (κ3) is 9.72. The zero-order chi connectivity index (χ0) is 20.2. The molecule has 150 valence electrons. The summed E-state index contributed by atoms with van der Waals surface area (Å²) in [4.78, 5) is 24.2. The van der Waals surface area contributed by atoms with Crippen molar-refractivity contribution in [3.63, 3.8) is 0 Å². The number of carbonyl (C=O) groups excluding carboxylic acids is 2. The normalized spacial score (nSPS) is 10.4. The van der Waals surface area contributed by atoms with Gasteiger partial charge >= 0.3 is 0 Å². The molecule has 0 aliphatic carbocycles. The van der Waals surface area contributed by atoms with E-state index in [4.69, 9.17) is 17.0 Å². The molecule has 0 fully saturated rings. The molecule has 27 heavy (non-hydrogen) atoms.